The SMILES string of the molecule is N#Cc1ccc(-c2[nH]c(-c3ccccc3)nc2Sc2ccc(Cl)cc2)cc1. The Labute approximate surface area is 166 Å². The molecule has 3 aromatic carbocycles. The summed E-state index contributed by atoms with van der Waals surface area (Å²) in [6.45, 7) is 0. The Morgan fingerprint density at radius 1 is 0.852 bits per heavy atom. The Morgan fingerprint density at radius 3 is 2.22 bits per heavy atom. The third kappa shape index (κ3) is 3.90. The van der Waals surface area contributed by atoms with Crippen molar-refractivity contribution in [3.8, 4) is 28.7 Å². The van der Waals surface area contributed by atoms with Crippen LogP contribution >= 0.6 is 23.4 Å². The molecule has 0 aliphatic carbocycles. The highest BCUT2D eigenvalue weighted by Crippen LogP contribution is 2.36. The monoisotopic (exact) mass is 387 g/mol. The van der Waals surface area contributed by atoms with E-state index in [9.17, 15) is 0 Å². The van der Waals surface area contributed by atoms with E-state index in [0.717, 1.165) is 32.6 Å². The average molecular weight is 388 g/mol. The number of nitrogens with zero attached hydrogens (tertiary/aromatic N) is 2. The van der Waals surface area contributed by atoms with E-state index in [4.69, 9.17) is 21.8 Å². The van der Waals surface area contributed by atoms with E-state index >= 15 is 0 Å². The normalized spacial score (nSPS) is 10.5. The molecular weight excluding hydrogens is 374 g/mol. The van der Waals surface area contributed by atoms with Gasteiger partial charge in [0.1, 0.15) is 10.9 Å². The number of H-pyrrole nitrogens is 1. The Morgan fingerprint density at radius 2 is 1.56 bits per heavy atom. The zero-order valence-electron chi connectivity index (χ0n) is 14.2. The molecule has 1 aromatic heterocycles. The van der Waals surface area contributed by atoms with Crippen LogP contribution in [0.3, 0.4) is 0 Å². The molecule has 0 saturated heterocycles. The summed E-state index contributed by atoms with van der Waals surface area (Å²) in [5.74, 6) is 0.812. The summed E-state index contributed by atoms with van der Waals surface area (Å²) < 4.78 is 0. The third-order valence-corrected chi connectivity index (χ3v) is 5.30. The van der Waals surface area contributed by atoms with Crippen LogP contribution in [0.2, 0.25) is 5.02 Å². The van der Waals surface area contributed by atoms with Gasteiger partial charge >= 0.3 is 0 Å². The predicted molar refractivity (Wildman–Crippen MR) is 110 cm³/mol. The Balaban J connectivity index is 1.78. The molecule has 0 bridgehead atoms. The number of benzene rings is 3. The Hall–Kier alpha value is -3.00. The first kappa shape index (κ1) is 17.4. The number of aromatic amines is 1. The molecule has 0 spiro atoms. The van der Waals surface area contributed by atoms with E-state index in [2.05, 4.69) is 11.1 Å². The van der Waals surface area contributed by atoms with Gasteiger partial charge in [-0.3, -0.25) is 0 Å². The average Bonchev–Trinajstić information content (AvgIpc) is 3.14. The molecule has 0 unspecified atom stereocenters. The number of aromatic nitrogens is 2. The van der Waals surface area contributed by atoms with Gasteiger partial charge in [-0.25, -0.2) is 4.98 Å². The zero-order chi connectivity index (χ0) is 18.6. The van der Waals surface area contributed by atoms with Crippen molar-refractivity contribution in [1.82, 2.24) is 9.97 Å². The van der Waals surface area contributed by atoms with E-state index in [1.54, 1.807) is 11.8 Å². The van der Waals surface area contributed by atoms with Gasteiger partial charge in [0.25, 0.3) is 0 Å². The van der Waals surface area contributed by atoms with E-state index in [-0.39, 0.29) is 0 Å². The van der Waals surface area contributed by atoms with Crippen molar-refractivity contribution in [3.63, 3.8) is 0 Å². The van der Waals surface area contributed by atoms with E-state index in [1.165, 1.54) is 0 Å². The van der Waals surface area contributed by atoms with Crippen molar-refractivity contribution in [2.45, 2.75) is 9.92 Å². The first-order chi connectivity index (χ1) is 13.2. The summed E-state index contributed by atoms with van der Waals surface area (Å²) in [6.07, 6.45) is 0. The molecule has 4 rings (SSSR count). The largest absolute Gasteiger partial charge is 0.337 e. The minimum atomic E-state index is 0.633. The lowest BCUT2D eigenvalue weighted by molar-refractivity contribution is 1.20. The molecule has 4 aromatic rings. The fraction of sp³-hybridized carbons (Fsp3) is 0. The molecule has 1 heterocycles. The smallest absolute Gasteiger partial charge is 0.139 e. The van der Waals surface area contributed by atoms with Gasteiger partial charge in [0.15, 0.2) is 0 Å². The van der Waals surface area contributed by atoms with Gasteiger partial charge in [0.05, 0.1) is 17.3 Å². The van der Waals surface area contributed by atoms with Gasteiger partial charge in [-0.2, -0.15) is 5.26 Å². The number of hydrogen-bond acceptors (Lipinski definition) is 3. The minimum Gasteiger partial charge on any atom is -0.337 e. The maximum Gasteiger partial charge on any atom is 0.139 e. The topological polar surface area (TPSA) is 52.5 Å². The number of hydrogen-bond donors (Lipinski definition) is 1. The van der Waals surface area contributed by atoms with Gasteiger partial charge in [-0.05, 0) is 36.4 Å². The van der Waals surface area contributed by atoms with Crippen molar-refractivity contribution in [2.75, 3.05) is 0 Å². The first-order valence-electron chi connectivity index (χ1n) is 8.32. The second-order valence-corrected chi connectivity index (χ2v) is 7.38. The van der Waals surface area contributed by atoms with E-state index in [1.807, 2.05) is 78.9 Å². The van der Waals surface area contributed by atoms with Gasteiger partial charge in [0.2, 0.25) is 0 Å². The second kappa shape index (κ2) is 7.71. The van der Waals surface area contributed by atoms with Crippen LogP contribution in [0.5, 0.6) is 0 Å². The molecule has 0 fully saturated rings. The fourth-order valence-electron chi connectivity index (χ4n) is 2.69. The molecule has 0 aliphatic rings. The summed E-state index contributed by atoms with van der Waals surface area (Å²) in [7, 11) is 0. The first-order valence-corrected chi connectivity index (χ1v) is 9.52. The fourth-order valence-corrected chi connectivity index (χ4v) is 3.71. The second-order valence-electron chi connectivity index (χ2n) is 5.88. The molecule has 0 saturated carbocycles. The molecular formula is C22H14ClN3S. The highest BCUT2D eigenvalue weighted by atomic mass is 35.5. The molecule has 1 N–H and O–H groups in total. The lowest BCUT2D eigenvalue weighted by atomic mass is 10.1. The molecule has 0 radical (unpaired) electrons. The van der Waals surface area contributed by atoms with Crippen molar-refractivity contribution in [1.29, 1.82) is 5.26 Å². The summed E-state index contributed by atoms with van der Waals surface area (Å²) >= 11 is 7.57. The van der Waals surface area contributed by atoms with Crippen LogP contribution in [0, 0.1) is 11.3 Å². The molecule has 130 valence electrons. The standard InChI is InChI=1S/C22H14ClN3S/c23-18-10-12-19(13-11-18)27-22-20(16-8-6-15(14-24)7-9-16)25-21(26-22)17-4-2-1-3-5-17/h1-13H,(H,25,26). The van der Waals surface area contributed by atoms with Crippen molar-refractivity contribution in [3.05, 3.63) is 89.4 Å². The minimum absolute atomic E-state index is 0.633. The van der Waals surface area contributed by atoms with Gasteiger partial charge < -0.3 is 4.98 Å². The summed E-state index contributed by atoms with van der Waals surface area (Å²) in [4.78, 5) is 9.33. The number of nitrogens with one attached hydrogen (secondary N) is 1. The summed E-state index contributed by atoms with van der Waals surface area (Å²) in [6, 6.07) is 27.4. The van der Waals surface area contributed by atoms with Crippen LogP contribution in [0.4, 0.5) is 0 Å². The third-order valence-electron chi connectivity index (χ3n) is 4.05. The number of halogens is 1. The highest BCUT2D eigenvalue weighted by Gasteiger charge is 2.15. The van der Waals surface area contributed by atoms with E-state index < -0.39 is 0 Å². The van der Waals surface area contributed by atoms with Crippen LogP contribution in [0.15, 0.2) is 88.8 Å². The summed E-state index contributed by atoms with van der Waals surface area (Å²) in [5, 5.41) is 10.6. The molecule has 0 amide bonds. The lowest BCUT2D eigenvalue weighted by Crippen LogP contribution is -1.83. The molecule has 27 heavy (non-hydrogen) atoms. The van der Waals surface area contributed by atoms with Crippen LogP contribution < -0.4 is 0 Å². The van der Waals surface area contributed by atoms with Crippen molar-refractivity contribution in [2.24, 2.45) is 0 Å². The number of rotatable bonds is 4. The van der Waals surface area contributed by atoms with Crippen LogP contribution in [0.25, 0.3) is 22.6 Å². The zero-order valence-corrected chi connectivity index (χ0v) is 15.8. The van der Waals surface area contributed by atoms with E-state index in [0.29, 0.717) is 10.6 Å². The Bertz CT molecular complexity index is 1100. The van der Waals surface area contributed by atoms with Gasteiger partial charge in [-0.15, -0.1) is 0 Å². The summed E-state index contributed by atoms with van der Waals surface area (Å²) in [5.41, 5.74) is 3.57. The van der Waals surface area contributed by atoms with Crippen molar-refractivity contribution >= 4 is 23.4 Å². The molecule has 0 atom stereocenters. The number of nitriles is 1. The van der Waals surface area contributed by atoms with Crippen LogP contribution in [-0.2, 0) is 0 Å². The maximum atomic E-state index is 9.04. The van der Waals surface area contributed by atoms with Crippen LogP contribution in [-0.4, -0.2) is 9.97 Å². The highest BCUT2D eigenvalue weighted by molar-refractivity contribution is 7.99. The molecule has 0 aliphatic heterocycles. The van der Waals surface area contributed by atoms with Gasteiger partial charge in [-0.1, -0.05) is 65.8 Å². The van der Waals surface area contributed by atoms with Crippen LogP contribution in [0.1, 0.15) is 5.56 Å². The van der Waals surface area contributed by atoms with Gasteiger partial charge in [0, 0.05) is 21.0 Å². The number of imidazole rings is 1. The maximum absolute atomic E-state index is 9.04. The van der Waals surface area contributed by atoms with Crippen molar-refractivity contribution < 1.29 is 0 Å². The molecule has 3 nitrogen and oxygen atoms in total. The lowest BCUT2D eigenvalue weighted by Gasteiger charge is -2.03. The molecule has 5 heteroatoms. The Kier molecular flexibility index (Phi) is 4.97. The predicted octanol–water partition coefficient (Wildman–Crippen LogP) is 6.42. The quantitative estimate of drug-likeness (QED) is 0.439.